The summed E-state index contributed by atoms with van der Waals surface area (Å²) < 4.78 is 0. The highest BCUT2D eigenvalue weighted by molar-refractivity contribution is 5.85. The average Bonchev–Trinajstić information content (AvgIpc) is 2.75. The number of rotatable bonds is 4. The Bertz CT molecular complexity index is 862. The minimum absolute atomic E-state index is 0.126. The summed E-state index contributed by atoms with van der Waals surface area (Å²) in [5.74, 6) is -0.0641. The Morgan fingerprint density at radius 1 is 0.750 bits per heavy atom. The van der Waals surface area contributed by atoms with Crippen LogP contribution in [-0.2, 0) is 11.3 Å². The maximum Gasteiger partial charge on any atom is 0.142 e. The minimum atomic E-state index is -0.159. The van der Waals surface area contributed by atoms with Gasteiger partial charge in [-0.2, -0.15) is 0 Å². The standard InChI is InChI=1S/C23H24N4O/c1-16-21(19-10-4-7-13-25-19)27(15-18-9-3-6-12-24-18)22(17(2)23(16)28)20-11-5-8-14-26-20/h3-14,16-17,21-22H,15H2,1-2H3. The van der Waals surface area contributed by atoms with Crippen molar-refractivity contribution in [3.63, 3.8) is 0 Å². The number of aromatic nitrogens is 3. The Morgan fingerprint density at radius 3 is 1.68 bits per heavy atom. The van der Waals surface area contributed by atoms with Crippen molar-refractivity contribution < 1.29 is 4.79 Å². The minimum Gasteiger partial charge on any atom is -0.299 e. The van der Waals surface area contributed by atoms with E-state index >= 15 is 0 Å². The van der Waals surface area contributed by atoms with Gasteiger partial charge in [0.05, 0.1) is 29.2 Å². The van der Waals surface area contributed by atoms with Gasteiger partial charge in [-0.05, 0) is 36.4 Å². The third-order valence-electron chi connectivity index (χ3n) is 5.61. The molecule has 1 aliphatic rings. The summed E-state index contributed by atoms with van der Waals surface area (Å²) in [5, 5.41) is 0. The molecule has 28 heavy (non-hydrogen) atoms. The van der Waals surface area contributed by atoms with Crippen LogP contribution < -0.4 is 0 Å². The highest BCUT2D eigenvalue weighted by Gasteiger charge is 2.47. The van der Waals surface area contributed by atoms with Gasteiger partial charge < -0.3 is 0 Å². The Labute approximate surface area is 165 Å². The summed E-state index contributed by atoms with van der Waals surface area (Å²) in [6.45, 7) is 4.65. The first-order chi connectivity index (χ1) is 13.7. The fourth-order valence-corrected chi connectivity index (χ4v) is 4.30. The third-order valence-corrected chi connectivity index (χ3v) is 5.61. The Balaban J connectivity index is 1.83. The van der Waals surface area contributed by atoms with Crippen molar-refractivity contribution in [2.45, 2.75) is 32.5 Å². The van der Waals surface area contributed by atoms with Crippen molar-refractivity contribution in [2.24, 2.45) is 11.8 Å². The smallest absolute Gasteiger partial charge is 0.142 e. The van der Waals surface area contributed by atoms with Crippen LogP contribution in [0.5, 0.6) is 0 Å². The van der Waals surface area contributed by atoms with Crippen LogP contribution in [0.25, 0.3) is 0 Å². The van der Waals surface area contributed by atoms with Crippen LogP contribution in [0.4, 0.5) is 0 Å². The van der Waals surface area contributed by atoms with Gasteiger partial charge in [-0.25, -0.2) is 0 Å². The second-order valence-electron chi connectivity index (χ2n) is 7.37. The van der Waals surface area contributed by atoms with Gasteiger partial charge in [0, 0.05) is 37.0 Å². The van der Waals surface area contributed by atoms with E-state index in [0.717, 1.165) is 17.1 Å². The average molecular weight is 372 g/mol. The van der Waals surface area contributed by atoms with Crippen LogP contribution in [0.1, 0.15) is 43.0 Å². The molecule has 4 unspecified atom stereocenters. The number of ketones is 1. The zero-order valence-electron chi connectivity index (χ0n) is 16.1. The lowest BCUT2D eigenvalue weighted by Gasteiger charge is -2.47. The van der Waals surface area contributed by atoms with Crippen molar-refractivity contribution in [2.75, 3.05) is 0 Å². The lowest BCUT2D eigenvalue weighted by Crippen LogP contribution is -2.49. The molecule has 5 nitrogen and oxygen atoms in total. The number of nitrogens with zero attached hydrogens (tertiary/aromatic N) is 4. The predicted octanol–water partition coefficient (Wildman–Crippen LogP) is 4.01. The van der Waals surface area contributed by atoms with Crippen molar-refractivity contribution in [3.05, 3.63) is 90.3 Å². The number of carbonyl (C=O) groups is 1. The van der Waals surface area contributed by atoms with Gasteiger partial charge in [-0.3, -0.25) is 24.6 Å². The summed E-state index contributed by atoms with van der Waals surface area (Å²) in [4.78, 5) is 29.3. The molecule has 0 saturated carbocycles. The summed E-state index contributed by atoms with van der Waals surface area (Å²) in [6.07, 6.45) is 5.39. The van der Waals surface area contributed by atoms with Crippen molar-refractivity contribution >= 4 is 5.78 Å². The molecule has 0 spiro atoms. The number of carbonyl (C=O) groups excluding carboxylic acids is 1. The van der Waals surface area contributed by atoms with Gasteiger partial charge >= 0.3 is 0 Å². The summed E-state index contributed by atoms with van der Waals surface area (Å²) in [5.41, 5.74) is 2.79. The summed E-state index contributed by atoms with van der Waals surface area (Å²) in [7, 11) is 0. The lowest BCUT2D eigenvalue weighted by molar-refractivity contribution is -0.139. The van der Waals surface area contributed by atoms with Gasteiger partial charge in [-0.1, -0.05) is 32.0 Å². The second kappa shape index (κ2) is 7.98. The zero-order valence-corrected chi connectivity index (χ0v) is 16.1. The maximum atomic E-state index is 13.2. The third kappa shape index (κ3) is 3.45. The quantitative estimate of drug-likeness (QED) is 0.692. The van der Waals surface area contributed by atoms with Crippen LogP contribution >= 0.6 is 0 Å². The molecule has 3 aromatic heterocycles. The van der Waals surface area contributed by atoms with E-state index in [4.69, 9.17) is 0 Å². The van der Waals surface area contributed by atoms with Crippen LogP contribution in [-0.4, -0.2) is 25.6 Å². The fourth-order valence-electron chi connectivity index (χ4n) is 4.30. The van der Waals surface area contributed by atoms with Gasteiger partial charge in [0.15, 0.2) is 0 Å². The normalized spacial score (nSPS) is 25.6. The molecule has 142 valence electrons. The van der Waals surface area contributed by atoms with E-state index in [1.807, 2.05) is 74.6 Å². The van der Waals surface area contributed by atoms with Crippen molar-refractivity contribution in [1.29, 1.82) is 0 Å². The monoisotopic (exact) mass is 372 g/mol. The van der Waals surface area contributed by atoms with Gasteiger partial charge in [-0.15, -0.1) is 0 Å². The summed E-state index contributed by atoms with van der Waals surface area (Å²) in [6, 6.07) is 17.5. The molecule has 4 rings (SSSR count). The van der Waals surface area contributed by atoms with E-state index in [-0.39, 0.29) is 29.7 Å². The number of Topliss-reactive ketones (excluding diaryl/α,β-unsaturated/α-hetero) is 1. The van der Waals surface area contributed by atoms with E-state index in [0.29, 0.717) is 6.54 Å². The molecule has 1 saturated heterocycles. The first-order valence-electron chi connectivity index (χ1n) is 9.68. The molecular weight excluding hydrogens is 348 g/mol. The first kappa shape index (κ1) is 18.4. The molecule has 4 heterocycles. The predicted molar refractivity (Wildman–Crippen MR) is 107 cm³/mol. The van der Waals surface area contributed by atoms with Crippen LogP contribution in [0.2, 0.25) is 0 Å². The topological polar surface area (TPSA) is 59.0 Å². The number of pyridine rings is 3. The van der Waals surface area contributed by atoms with Gasteiger partial charge in [0.25, 0.3) is 0 Å². The Kier molecular flexibility index (Phi) is 5.26. The van der Waals surface area contributed by atoms with Crippen LogP contribution in [0.3, 0.4) is 0 Å². The molecule has 0 N–H and O–H groups in total. The van der Waals surface area contributed by atoms with Gasteiger partial charge in [0.1, 0.15) is 5.78 Å². The lowest BCUT2D eigenvalue weighted by atomic mass is 9.76. The molecule has 0 radical (unpaired) electrons. The maximum absolute atomic E-state index is 13.2. The van der Waals surface area contributed by atoms with Gasteiger partial charge in [0.2, 0.25) is 0 Å². The summed E-state index contributed by atoms with van der Waals surface area (Å²) >= 11 is 0. The van der Waals surface area contributed by atoms with E-state index in [9.17, 15) is 4.79 Å². The Hall–Kier alpha value is -2.92. The molecule has 1 aliphatic heterocycles. The first-order valence-corrected chi connectivity index (χ1v) is 9.68. The fraction of sp³-hybridized carbons (Fsp3) is 0.304. The van der Waals surface area contributed by atoms with Crippen LogP contribution in [0, 0.1) is 11.8 Å². The SMILES string of the molecule is CC1C(=O)C(C)C(c2ccccn2)N(Cc2ccccn2)C1c1ccccn1. The van der Waals surface area contributed by atoms with Crippen molar-refractivity contribution in [3.8, 4) is 0 Å². The van der Waals surface area contributed by atoms with Crippen molar-refractivity contribution in [1.82, 2.24) is 19.9 Å². The highest BCUT2D eigenvalue weighted by atomic mass is 16.1. The molecule has 4 atom stereocenters. The zero-order chi connectivity index (χ0) is 19.5. The number of piperidine rings is 1. The molecule has 0 bridgehead atoms. The molecular formula is C23H24N4O. The number of hydrogen-bond acceptors (Lipinski definition) is 5. The van der Waals surface area contributed by atoms with E-state index in [1.165, 1.54) is 0 Å². The molecule has 0 amide bonds. The second-order valence-corrected chi connectivity index (χ2v) is 7.37. The van der Waals surface area contributed by atoms with E-state index in [2.05, 4.69) is 19.9 Å². The molecule has 0 aliphatic carbocycles. The van der Waals surface area contributed by atoms with Crippen LogP contribution in [0.15, 0.2) is 73.2 Å². The largest absolute Gasteiger partial charge is 0.299 e. The molecule has 0 aromatic carbocycles. The van der Waals surface area contributed by atoms with E-state index in [1.54, 1.807) is 12.4 Å². The Morgan fingerprint density at radius 2 is 1.25 bits per heavy atom. The molecule has 1 fully saturated rings. The highest BCUT2D eigenvalue weighted by Crippen LogP contribution is 2.45. The molecule has 5 heteroatoms. The number of likely N-dealkylation sites (tertiary alicyclic amines) is 1. The molecule has 3 aromatic rings. The number of hydrogen-bond donors (Lipinski definition) is 0. The van der Waals surface area contributed by atoms with E-state index < -0.39 is 0 Å².